The first-order valence-corrected chi connectivity index (χ1v) is 7.08. The van der Waals surface area contributed by atoms with E-state index in [1.807, 2.05) is 0 Å². The highest BCUT2D eigenvalue weighted by atomic mass is 19.1. The van der Waals surface area contributed by atoms with Gasteiger partial charge in [-0.3, -0.25) is 4.90 Å². The van der Waals surface area contributed by atoms with E-state index in [2.05, 4.69) is 4.98 Å². The Bertz CT molecular complexity index is 748. The molecule has 1 amide bonds. The van der Waals surface area contributed by atoms with Crippen LogP contribution in [0.2, 0.25) is 0 Å². The van der Waals surface area contributed by atoms with Crippen molar-refractivity contribution in [1.29, 1.82) is 0 Å². The fourth-order valence-corrected chi connectivity index (χ4v) is 2.55. The summed E-state index contributed by atoms with van der Waals surface area (Å²) in [5.41, 5.74) is 1.51. The van der Waals surface area contributed by atoms with Crippen molar-refractivity contribution in [3.63, 3.8) is 0 Å². The van der Waals surface area contributed by atoms with Crippen LogP contribution in [-0.2, 0) is 6.42 Å². The number of amides is 1. The number of aromatic nitrogens is 1. The molecule has 2 heterocycles. The minimum atomic E-state index is -1.11. The van der Waals surface area contributed by atoms with Crippen LogP contribution in [0.15, 0.2) is 30.3 Å². The van der Waals surface area contributed by atoms with Gasteiger partial charge in [-0.15, -0.1) is 0 Å². The fourth-order valence-electron chi connectivity index (χ4n) is 2.55. The third-order valence-corrected chi connectivity index (χ3v) is 3.70. The minimum Gasteiger partial charge on any atom is -0.493 e. The van der Waals surface area contributed by atoms with Crippen LogP contribution in [0.5, 0.6) is 11.8 Å². The topological polar surface area (TPSA) is 82.9 Å². The first kappa shape index (κ1) is 15.1. The summed E-state index contributed by atoms with van der Waals surface area (Å²) in [5.74, 6) is -0.486. The van der Waals surface area contributed by atoms with Gasteiger partial charge in [0.25, 0.3) is 0 Å². The van der Waals surface area contributed by atoms with Crippen molar-refractivity contribution in [2.45, 2.75) is 19.4 Å². The molecule has 1 aliphatic rings. The van der Waals surface area contributed by atoms with Crippen LogP contribution in [0, 0.1) is 5.82 Å². The number of ether oxygens (including phenoxy) is 1. The van der Waals surface area contributed by atoms with Gasteiger partial charge in [-0.25, -0.2) is 9.18 Å². The van der Waals surface area contributed by atoms with E-state index < -0.39 is 6.09 Å². The smallest absolute Gasteiger partial charge is 0.412 e. The number of nitrogens with zero attached hydrogens (tertiary/aromatic N) is 2. The van der Waals surface area contributed by atoms with Crippen LogP contribution in [0.3, 0.4) is 0 Å². The molecule has 3 rings (SSSR count). The molecule has 1 atom stereocenters. The summed E-state index contributed by atoms with van der Waals surface area (Å²) in [6.07, 6.45) is -0.809. The Balaban J connectivity index is 1.99. The zero-order valence-corrected chi connectivity index (χ0v) is 12.4. The molecule has 0 saturated heterocycles. The Morgan fingerprint density at radius 2 is 2.13 bits per heavy atom. The number of aromatic hydroxyl groups is 1. The number of fused-ring (bicyclic) bond motifs is 1. The number of benzene rings is 1. The number of hydrogen-bond acceptors (Lipinski definition) is 4. The number of hydrogen-bond donors (Lipinski definition) is 2. The SMILES string of the molecule is CC1COc2nc(O)c(Cc3ccc(F)cc3)cc2N1C(=O)O. The molecule has 1 unspecified atom stereocenters. The van der Waals surface area contributed by atoms with Gasteiger partial charge in [0.1, 0.15) is 18.1 Å². The van der Waals surface area contributed by atoms with Crippen molar-refractivity contribution in [2.75, 3.05) is 11.5 Å². The lowest BCUT2D eigenvalue weighted by atomic mass is 10.0. The molecule has 0 saturated carbocycles. The lowest BCUT2D eigenvalue weighted by Gasteiger charge is -2.32. The van der Waals surface area contributed by atoms with Crippen LogP contribution in [-0.4, -0.2) is 33.9 Å². The van der Waals surface area contributed by atoms with Gasteiger partial charge in [-0.2, -0.15) is 4.98 Å². The molecule has 6 nitrogen and oxygen atoms in total. The van der Waals surface area contributed by atoms with Crippen LogP contribution in [0.1, 0.15) is 18.1 Å². The Morgan fingerprint density at radius 3 is 2.78 bits per heavy atom. The molecule has 0 bridgehead atoms. The number of carbonyl (C=O) groups is 1. The maximum Gasteiger partial charge on any atom is 0.412 e. The quantitative estimate of drug-likeness (QED) is 0.889. The van der Waals surface area contributed by atoms with E-state index in [0.29, 0.717) is 17.7 Å². The third kappa shape index (κ3) is 2.90. The van der Waals surface area contributed by atoms with Gasteiger partial charge < -0.3 is 14.9 Å². The second-order valence-corrected chi connectivity index (χ2v) is 5.41. The monoisotopic (exact) mass is 318 g/mol. The van der Waals surface area contributed by atoms with Gasteiger partial charge in [0.2, 0.25) is 11.8 Å². The Morgan fingerprint density at radius 1 is 1.43 bits per heavy atom. The molecule has 0 spiro atoms. The standard InChI is InChI=1S/C16H15FN2O4/c1-9-8-23-15-13(19(9)16(21)22)7-11(14(20)18-15)6-10-2-4-12(17)5-3-10/h2-5,7,9H,6,8H2,1H3,(H,18,20)(H,21,22). The Hall–Kier alpha value is -2.83. The third-order valence-electron chi connectivity index (χ3n) is 3.70. The Labute approximate surface area is 131 Å². The van der Waals surface area contributed by atoms with Crippen molar-refractivity contribution in [1.82, 2.24) is 4.98 Å². The van der Waals surface area contributed by atoms with E-state index in [1.165, 1.54) is 17.0 Å². The van der Waals surface area contributed by atoms with Crippen LogP contribution < -0.4 is 9.64 Å². The summed E-state index contributed by atoms with van der Waals surface area (Å²) in [6.45, 7) is 1.90. The van der Waals surface area contributed by atoms with E-state index in [4.69, 9.17) is 4.74 Å². The molecular weight excluding hydrogens is 303 g/mol. The predicted molar refractivity (Wildman–Crippen MR) is 80.6 cm³/mol. The van der Waals surface area contributed by atoms with Crippen molar-refractivity contribution in [2.24, 2.45) is 0 Å². The average Bonchev–Trinajstić information content (AvgIpc) is 2.50. The number of anilines is 1. The largest absolute Gasteiger partial charge is 0.493 e. The van der Waals surface area contributed by atoms with E-state index >= 15 is 0 Å². The van der Waals surface area contributed by atoms with Crippen molar-refractivity contribution >= 4 is 11.8 Å². The van der Waals surface area contributed by atoms with Crippen molar-refractivity contribution in [3.8, 4) is 11.8 Å². The summed E-state index contributed by atoms with van der Waals surface area (Å²) in [4.78, 5) is 16.6. The van der Waals surface area contributed by atoms with Gasteiger partial charge >= 0.3 is 6.09 Å². The number of pyridine rings is 1. The summed E-state index contributed by atoms with van der Waals surface area (Å²) in [6, 6.07) is 7.04. The zero-order chi connectivity index (χ0) is 16.6. The molecule has 7 heteroatoms. The average molecular weight is 318 g/mol. The minimum absolute atomic E-state index is 0.0888. The van der Waals surface area contributed by atoms with Gasteiger partial charge in [-0.05, 0) is 30.7 Å². The normalized spacial score (nSPS) is 16.6. The van der Waals surface area contributed by atoms with Crippen molar-refractivity contribution in [3.05, 3.63) is 47.3 Å². The predicted octanol–water partition coefficient (Wildman–Crippen LogP) is 2.78. The van der Waals surface area contributed by atoms with E-state index in [0.717, 1.165) is 5.56 Å². The number of halogens is 1. The number of rotatable bonds is 2. The van der Waals surface area contributed by atoms with Crippen LogP contribution >= 0.6 is 0 Å². The molecule has 0 aliphatic carbocycles. The molecule has 1 aromatic carbocycles. The highest BCUT2D eigenvalue weighted by Gasteiger charge is 2.31. The maximum absolute atomic E-state index is 13.0. The molecule has 2 aromatic rings. The maximum atomic E-state index is 13.0. The molecule has 0 radical (unpaired) electrons. The summed E-state index contributed by atoms with van der Waals surface area (Å²) >= 11 is 0. The van der Waals surface area contributed by atoms with Gasteiger partial charge in [-0.1, -0.05) is 12.1 Å². The van der Waals surface area contributed by atoms with E-state index in [9.17, 15) is 19.4 Å². The molecule has 0 fully saturated rings. The highest BCUT2D eigenvalue weighted by molar-refractivity contribution is 5.89. The zero-order valence-electron chi connectivity index (χ0n) is 12.4. The van der Waals surface area contributed by atoms with Crippen LogP contribution in [0.4, 0.5) is 14.9 Å². The summed E-state index contributed by atoms with van der Waals surface area (Å²) < 4.78 is 18.4. The lowest BCUT2D eigenvalue weighted by Crippen LogP contribution is -2.44. The lowest BCUT2D eigenvalue weighted by molar-refractivity contribution is 0.188. The molecule has 2 N–H and O–H groups in total. The Kier molecular flexibility index (Phi) is 3.77. The van der Waals surface area contributed by atoms with E-state index in [-0.39, 0.29) is 30.2 Å². The second kappa shape index (κ2) is 5.75. The summed E-state index contributed by atoms with van der Waals surface area (Å²) in [5, 5.41) is 19.4. The summed E-state index contributed by atoms with van der Waals surface area (Å²) in [7, 11) is 0. The van der Waals surface area contributed by atoms with Crippen LogP contribution in [0.25, 0.3) is 0 Å². The van der Waals surface area contributed by atoms with Crippen molar-refractivity contribution < 1.29 is 24.1 Å². The van der Waals surface area contributed by atoms with Gasteiger partial charge in [0.05, 0.1) is 6.04 Å². The van der Waals surface area contributed by atoms with Gasteiger partial charge in [0, 0.05) is 12.0 Å². The van der Waals surface area contributed by atoms with E-state index in [1.54, 1.807) is 25.1 Å². The molecule has 120 valence electrons. The molecular formula is C16H15FN2O4. The first-order chi connectivity index (χ1) is 11.0. The highest BCUT2D eigenvalue weighted by Crippen LogP contribution is 2.36. The fraction of sp³-hybridized carbons (Fsp3) is 0.250. The molecule has 1 aliphatic heterocycles. The van der Waals surface area contributed by atoms with Gasteiger partial charge in [0.15, 0.2) is 0 Å². The first-order valence-electron chi connectivity index (χ1n) is 7.08. The second-order valence-electron chi connectivity index (χ2n) is 5.41. The number of carboxylic acid groups (broad SMARTS) is 1. The molecule has 1 aromatic heterocycles. The molecule has 23 heavy (non-hydrogen) atoms.